The molecule has 5 nitrogen and oxygen atoms in total. The molecule has 1 aliphatic rings. The van der Waals surface area contributed by atoms with Gasteiger partial charge >= 0.3 is 0 Å². The molecule has 1 atom stereocenters. The fraction of sp³-hybridized carbons (Fsp3) is 0.500. The Balaban J connectivity index is 1.83. The molecule has 1 fully saturated rings. The summed E-state index contributed by atoms with van der Waals surface area (Å²) < 4.78 is 22.2. The van der Waals surface area contributed by atoms with Crippen molar-refractivity contribution in [2.45, 2.75) is 30.2 Å². The minimum atomic E-state index is -3.59. The summed E-state index contributed by atoms with van der Waals surface area (Å²) in [5.41, 5.74) is 0.917. The van der Waals surface area contributed by atoms with Gasteiger partial charge in [-0.1, -0.05) is 0 Å². The second-order valence-corrected chi connectivity index (χ2v) is 6.14. The van der Waals surface area contributed by atoms with Crippen LogP contribution >= 0.6 is 0 Å². The van der Waals surface area contributed by atoms with Crippen molar-refractivity contribution in [3.8, 4) is 0 Å². The maximum atomic E-state index is 11.1. The summed E-state index contributed by atoms with van der Waals surface area (Å²) >= 11 is 0. The summed E-state index contributed by atoms with van der Waals surface area (Å²) in [6.45, 7) is 2.00. The van der Waals surface area contributed by atoms with Gasteiger partial charge in [0.25, 0.3) is 0 Å². The first-order valence-electron chi connectivity index (χ1n) is 6.16. The number of benzene rings is 1. The molecule has 0 radical (unpaired) electrons. The molecule has 0 aliphatic carbocycles. The Kier molecular flexibility index (Phi) is 4.21. The number of hydrogen-bond acceptors (Lipinski definition) is 4. The molecule has 4 N–H and O–H groups in total. The lowest BCUT2D eigenvalue weighted by Gasteiger charge is -2.11. The van der Waals surface area contributed by atoms with Crippen molar-refractivity contribution in [1.29, 1.82) is 0 Å². The highest BCUT2D eigenvalue weighted by atomic mass is 32.2. The zero-order chi connectivity index (χ0) is 13.0. The standard InChI is InChI=1S/C12H19N3O2S/c13-18(16,17)12-5-3-11(4-6-12)15-9-7-10-2-1-8-14-10/h3-6,10,14-15H,1-2,7-9H2,(H2,13,16,17). The number of nitrogens with two attached hydrogens (primary N) is 1. The van der Waals surface area contributed by atoms with Gasteiger partial charge in [-0.2, -0.15) is 0 Å². The second-order valence-electron chi connectivity index (χ2n) is 4.58. The van der Waals surface area contributed by atoms with Gasteiger partial charge in [0.2, 0.25) is 10.0 Å². The average molecular weight is 269 g/mol. The van der Waals surface area contributed by atoms with Gasteiger partial charge < -0.3 is 10.6 Å². The lowest BCUT2D eigenvalue weighted by atomic mass is 10.1. The van der Waals surface area contributed by atoms with Gasteiger partial charge in [-0.25, -0.2) is 13.6 Å². The van der Waals surface area contributed by atoms with Crippen LogP contribution in [0.1, 0.15) is 19.3 Å². The van der Waals surface area contributed by atoms with Crippen LogP contribution in [0.3, 0.4) is 0 Å². The summed E-state index contributed by atoms with van der Waals surface area (Å²) in [6.07, 6.45) is 3.58. The minimum absolute atomic E-state index is 0.144. The van der Waals surface area contributed by atoms with Gasteiger partial charge in [0.1, 0.15) is 0 Å². The maximum absolute atomic E-state index is 11.1. The van der Waals surface area contributed by atoms with E-state index in [9.17, 15) is 8.42 Å². The first kappa shape index (κ1) is 13.3. The van der Waals surface area contributed by atoms with Crippen LogP contribution in [0.25, 0.3) is 0 Å². The van der Waals surface area contributed by atoms with Gasteiger partial charge in [0.15, 0.2) is 0 Å². The van der Waals surface area contributed by atoms with Crippen LogP contribution in [0.4, 0.5) is 5.69 Å². The normalized spacial score (nSPS) is 19.9. The minimum Gasteiger partial charge on any atom is -0.385 e. The molecule has 1 aromatic rings. The van der Waals surface area contributed by atoms with Crippen molar-refractivity contribution in [3.63, 3.8) is 0 Å². The third-order valence-electron chi connectivity index (χ3n) is 3.17. The largest absolute Gasteiger partial charge is 0.385 e. The van der Waals surface area contributed by atoms with Crippen molar-refractivity contribution < 1.29 is 8.42 Å². The predicted molar refractivity (Wildman–Crippen MR) is 71.9 cm³/mol. The fourth-order valence-corrected chi connectivity index (χ4v) is 2.67. The topological polar surface area (TPSA) is 84.2 Å². The number of primary sulfonamides is 1. The zero-order valence-corrected chi connectivity index (χ0v) is 11.0. The Morgan fingerprint density at radius 3 is 2.61 bits per heavy atom. The molecule has 0 saturated carbocycles. The molecule has 1 aliphatic heterocycles. The van der Waals surface area contributed by atoms with Crippen molar-refractivity contribution in [1.82, 2.24) is 5.32 Å². The summed E-state index contributed by atoms with van der Waals surface area (Å²) in [5.74, 6) is 0. The quantitative estimate of drug-likeness (QED) is 0.741. The van der Waals surface area contributed by atoms with E-state index < -0.39 is 10.0 Å². The summed E-state index contributed by atoms with van der Waals surface area (Å²) in [7, 11) is -3.59. The highest BCUT2D eigenvalue weighted by molar-refractivity contribution is 7.89. The Labute approximate surface area is 108 Å². The van der Waals surface area contributed by atoms with Gasteiger partial charge in [0.05, 0.1) is 4.90 Å². The molecular formula is C12H19N3O2S. The molecule has 6 heteroatoms. The molecular weight excluding hydrogens is 250 g/mol. The van der Waals surface area contributed by atoms with E-state index in [1.54, 1.807) is 12.1 Å². The lowest BCUT2D eigenvalue weighted by molar-refractivity contribution is 0.574. The van der Waals surface area contributed by atoms with Crippen LogP contribution < -0.4 is 15.8 Å². The molecule has 1 heterocycles. The smallest absolute Gasteiger partial charge is 0.238 e. The van der Waals surface area contributed by atoms with E-state index in [4.69, 9.17) is 5.14 Å². The van der Waals surface area contributed by atoms with E-state index in [2.05, 4.69) is 10.6 Å². The summed E-state index contributed by atoms with van der Waals surface area (Å²) in [6, 6.07) is 7.13. The summed E-state index contributed by atoms with van der Waals surface area (Å²) in [5, 5.41) is 11.7. The first-order chi connectivity index (χ1) is 8.55. The molecule has 1 aromatic carbocycles. The second kappa shape index (κ2) is 5.69. The highest BCUT2D eigenvalue weighted by Crippen LogP contribution is 2.14. The summed E-state index contributed by atoms with van der Waals surface area (Å²) in [4.78, 5) is 0.144. The monoisotopic (exact) mass is 269 g/mol. The molecule has 18 heavy (non-hydrogen) atoms. The van der Waals surface area contributed by atoms with E-state index in [1.807, 2.05) is 0 Å². The molecule has 0 amide bonds. The Morgan fingerprint density at radius 2 is 2.06 bits per heavy atom. The molecule has 0 spiro atoms. The fourth-order valence-electron chi connectivity index (χ4n) is 2.16. The third kappa shape index (κ3) is 3.69. The Hall–Kier alpha value is -1.11. The number of hydrogen-bond donors (Lipinski definition) is 3. The average Bonchev–Trinajstić information content (AvgIpc) is 2.82. The van der Waals surface area contributed by atoms with Gasteiger partial charge in [0, 0.05) is 18.3 Å². The van der Waals surface area contributed by atoms with Crippen molar-refractivity contribution in [2.75, 3.05) is 18.4 Å². The third-order valence-corrected chi connectivity index (χ3v) is 4.10. The molecule has 1 saturated heterocycles. The van der Waals surface area contributed by atoms with Crippen LogP contribution in [-0.4, -0.2) is 27.5 Å². The maximum Gasteiger partial charge on any atom is 0.238 e. The Morgan fingerprint density at radius 1 is 1.33 bits per heavy atom. The van der Waals surface area contributed by atoms with Crippen molar-refractivity contribution >= 4 is 15.7 Å². The molecule has 0 bridgehead atoms. The van der Waals surface area contributed by atoms with Crippen molar-refractivity contribution in [2.24, 2.45) is 5.14 Å². The Bertz CT molecular complexity index is 479. The number of anilines is 1. The molecule has 100 valence electrons. The zero-order valence-electron chi connectivity index (χ0n) is 10.2. The van der Waals surface area contributed by atoms with Crippen LogP contribution in [-0.2, 0) is 10.0 Å². The van der Waals surface area contributed by atoms with Crippen LogP contribution in [0.2, 0.25) is 0 Å². The van der Waals surface area contributed by atoms with Crippen LogP contribution in [0.15, 0.2) is 29.2 Å². The van der Waals surface area contributed by atoms with Crippen LogP contribution in [0.5, 0.6) is 0 Å². The highest BCUT2D eigenvalue weighted by Gasteiger charge is 2.13. The van der Waals surface area contributed by atoms with E-state index in [1.165, 1.54) is 25.0 Å². The SMILES string of the molecule is NS(=O)(=O)c1ccc(NCCC2CCCN2)cc1. The van der Waals surface area contributed by atoms with Crippen molar-refractivity contribution in [3.05, 3.63) is 24.3 Å². The van der Waals surface area contributed by atoms with Crippen LogP contribution in [0, 0.1) is 0 Å². The molecule has 0 aromatic heterocycles. The van der Waals surface area contributed by atoms with E-state index in [0.717, 1.165) is 25.2 Å². The van der Waals surface area contributed by atoms with E-state index in [-0.39, 0.29) is 4.90 Å². The number of sulfonamides is 1. The number of nitrogens with one attached hydrogen (secondary N) is 2. The molecule has 1 unspecified atom stereocenters. The van der Waals surface area contributed by atoms with Gasteiger partial charge in [-0.3, -0.25) is 0 Å². The van der Waals surface area contributed by atoms with Gasteiger partial charge in [-0.15, -0.1) is 0 Å². The van der Waals surface area contributed by atoms with E-state index >= 15 is 0 Å². The van der Waals surface area contributed by atoms with E-state index in [0.29, 0.717) is 6.04 Å². The first-order valence-corrected chi connectivity index (χ1v) is 7.70. The predicted octanol–water partition coefficient (Wildman–Crippen LogP) is 0.888. The number of rotatable bonds is 5. The van der Waals surface area contributed by atoms with Gasteiger partial charge in [-0.05, 0) is 50.1 Å². The lowest BCUT2D eigenvalue weighted by Crippen LogP contribution is -2.24. The molecule has 2 rings (SSSR count).